The molecule has 3 aliphatic rings. The number of carboxylic acid groups (broad SMARTS) is 1. The Morgan fingerprint density at radius 2 is 1.78 bits per heavy atom. The van der Waals surface area contributed by atoms with Crippen LogP contribution < -0.4 is 0 Å². The number of nitrogens with zero attached hydrogens (tertiary/aromatic N) is 5. The Kier molecular flexibility index (Phi) is 7.39. The third-order valence-electron chi connectivity index (χ3n) is 6.03. The summed E-state index contributed by atoms with van der Waals surface area (Å²) in [5.74, 6) is -0.766. The minimum Gasteiger partial charge on any atom is -0.480 e. The van der Waals surface area contributed by atoms with Gasteiger partial charge < -0.3 is 14.7 Å². The van der Waals surface area contributed by atoms with Crippen molar-refractivity contribution in [2.75, 3.05) is 52.4 Å². The number of benzene rings is 1. The fourth-order valence-corrected chi connectivity index (χ4v) is 4.46. The fourth-order valence-electron chi connectivity index (χ4n) is 4.46. The van der Waals surface area contributed by atoms with Crippen LogP contribution in [0.3, 0.4) is 0 Å². The van der Waals surface area contributed by atoms with Gasteiger partial charge in [0, 0.05) is 39.1 Å². The van der Waals surface area contributed by atoms with E-state index in [1.807, 2.05) is 11.1 Å². The third-order valence-corrected chi connectivity index (χ3v) is 6.03. The monoisotopic (exact) mass is 443 g/mol. The smallest absolute Gasteiger partial charge is 0.317 e. The van der Waals surface area contributed by atoms with Crippen molar-refractivity contribution in [3.05, 3.63) is 35.4 Å². The normalized spacial score (nSPS) is 27.5. The largest absolute Gasteiger partial charge is 0.480 e. The summed E-state index contributed by atoms with van der Waals surface area (Å²) >= 11 is 0. The van der Waals surface area contributed by atoms with E-state index in [0.717, 1.165) is 69.1 Å². The summed E-state index contributed by atoms with van der Waals surface area (Å²) in [4.78, 5) is 20.8. The Morgan fingerprint density at radius 1 is 1.12 bits per heavy atom. The second-order valence-corrected chi connectivity index (χ2v) is 8.94. The lowest BCUT2D eigenvalue weighted by molar-refractivity contribution is -0.138. The van der Waals surface area contributed by atoms with Crippen LogP contribution in [0.4, 0.5) is 0 Å². The number of ether oxygens (including phenoxy) is 1. The zero-order valence-corrected chi connectivity index (χ0v) is 18.9. The molecule has 1 unspecified atom stereocenters. The van der Waals surface area contributed by atoms with Gasteiger partial charge in [-0.05, 0) is 25.0 Å². The van der Waals surface area contributed by atoms with E-state index in [0.29, 0.717) is 0 Å². The lowest BCUT2D eigenvalue weighted by Gasteiger charge is -2.34. The molecular formula is C23H33N5O4. The first-order chi connectivity index (χ1) is 15.4. The minimum absolute atomic E-state index is 0.0440. The van der Waals surface area contributed by atoms with Gasteiger partial charge in [-0.1, -0.05) is 29.4 Å². The molecule has 1 N–H and O–H groups in total. The molecule has 2 fully saturated rings. The standard InChI is InChI=1S/C23H33N5O4/c1-17-13-28(14-18(2)31-17)24-12-19-3-5-20(6-4-19)22-11-21(32-25-22)15-26-7-9-27(10-8-26)16-23(29)30/h3-6,12,17-18,21H,7-11,13-16H2,1-2H3,(H,29,30)/t17-,18+,21?. The first-order valence-electron chi connectivity index (χ1n) is 11.4. The molecular weight excluding hydrogens is 410 g/mol. The highest BCUT2D eigenvalue weighted by Crippen LogP contribution is 2.19. The molecule has 0 aromatic heterocycles. The van der Waals surface area contributed by atoms with Crippen molar-refractivity contribution in [2.24, 2.45) is 10.3 Å². The van der Waals surface area contributed by atoms with Crippen molar-refractivity contribution >= 4 is 17.9 Å². The first kappa shape index (κ1) is 22.7. The van der Waals surface area contributed by atoms with Gasteiger partial charge >= 0.3 is 5.97 Å². The van der Waals surface area contributed by atoms with Gasteiger partial charge in [0.25, 0.3) is 0 Å². The van der Waals surface area contributed by atoms with E-state index in [1.165, 1.54) is 0 Å². The Morgan fingerprint density at radius 3 is 2.44 bits per heavy atom. The molecule has 0 amide bonds. The molecule has 0 saturated carbocycles. The number of aliphatic carboxylic acids is 1. The number of carbonyl (C=O) groups is 1. The van der Waals surface area contributed by atoms with Crippen molar-refractivity contribution in [1.29, 1.82) is 0 Å². The molecule has 0 aliphatic carbocycles. The Hall–Kier alpha value is -2.49. The van der Waals surface area contributed by atoms with Crippen molar-refractivity contribution in [3.8, 4) is 0 Å². The second kappa shape index (κ2) is 10.4. The second-order valence-electron chi connectivity index (χ2n) is 8.94. The maximum atomic E-state index is 10.8. The number of oxime groups is 1. The quantitative estimate of drug-likeness (QED) is 0.636. The highest BCUT2D eigenvalue weighted by Gasteiger charge is 2.27. The van der Waals surface area contributed by atoms with Crippen LogP contribution >= 0.6 is 0 Å². The lowest BCUT2D eigenvalue weighted by Crippen LogP contribution is -2.49. The summed E-state index contributed by atoms with van der Waals surface area (Å²) in [6, 6.07) is 8.26. The Bertz CT molecular complexity index is 825. The van der Waals surface area contributed by atoms with Gasteiger partial charge in [0.2, 0.25) is 0 Å². The summed E-state index contributed by atoms with van der Waals surface area (Å²) in [7, 11) is 0. The van der Waals surface area contributed by atoms with Crippen molar-refractivity contribution < 1.29 is 19.5 Å². The van der Waals surface area contributed by atoms with Crippen LogP contribution in [0.2, 0.25) is 0 Å². The first-order valence-corrected chi connectivity index (χ1v) is 11.4. The van der Waals surface area contributed by atoms with Crippen molar-refractivity contribution in [1.82, 2.24) is 14.8 Å². The van der Waals surface area contributed by atoms with E-state index in [2.05, 4.69) is 58.3 Å². The average molecular weight is 444 g/mol. The molecule has 0 spiro atoms. The summed E-state index contributed by atoms with van der Waals surface area (Å²) in [5.41, 5.74) is 3.10. The van der Waals surface area contributed by atoms with E-state index < -0.39 is 5.97 Å². The number of hydrazone groups is 1. The maximum Gasteiger partial charge on any atom is 0.317 e. The van der Waals surface area contributed by atoms with Crippen LogP contribution in [0.15, 0.2) is 34.5 Å². The maximum absolute atomic E-state index is 10.8. The van der Waals surface area contributed by atoms with Crippen molar-refractivity contribution in [3.63, 3.8) is 0 Å². The van der Waals surface area contributed by atoms with Crippen LogP contribution in [-0.2, 0) is 14.4 Å². The van der Waals surface area contributed by atoms with Gasteiger partial charge in [0.1, 0.15) is 6.10 Å². The molecule has 9 nitrogen and oxygen atoms in total. The predicted molar refractivity (Wildman–Crippen MR) is 122 cm³/mol. The number of morpholine rings is 1. The van der Waals surface area contributed by atoms with E-state index in [1.54, 1.807) is 0 Å². The zero-order chi connectivity index (χ0) is 22.5. The predicted octanol–water partition coefficient (Wildman–Crippen LogP) is 1.32. The molecule has 1 aromatic rings. The molecule has 4 rings (SSSR count). The Labute approximate surface area is 189 Å². The zero-order valence-electron chi connectivity index (χ0n) is 18.9. The van der Waals surface area contributed by atoms with Gasteiger partial charge in [-0.2, -0.15) is 5.10 Å². The molecule has 174 valence electrons. The molecule has 3 atom stereocenters. The third kappa shape index (κ3) is 6.27. The number of carboxylic acids is 1. The van der Waals surface area contributed by atoms with Crippen LogP contribution in [0.1, 0.15) is 31.4 Å². The molecule has 3 heterocycles. The van der Waals surface area contributed by atoms with E-state index in [9.17, 15) is 4.79 Å². The number of piperazine rings is 1. The number of rotatable bonds is 7. The molecule has 1 aromatic carbocycles. The average Bonchev–Trinajstić information content (AvgIpc) is 3.21. The van der Waals surface area contributed by atoms with Crippen molar-refractivity contribution in [2.45, 2.75) is 38.6 Å². The topological polar surface area (TPSA) is 90.2 Å². The van der Waals surface area contributed by atoms with Crippen LogP contribution in [-0.4, -0.2) is 108 Å². The molecule has 9 heteroatoms. The molecule has 3 aliphatic heterocycles. The Balaban J connectivity index is 1.23. The molecule has 0 bridgehead atoms. The highest BCUT2D eigenvalue weighted by atomic mass is 16.6. The summed E-state index contributed by atoms with van der Waals surface area (Å²) in [5, 5.41) is 19.9. The van der Waals surface area contributed by atoms with E-state index in [-0.39, 0.29) is 24.9 Å². The molecule has 32 heavy (non-hydrogen) atoms. The summed E-state index contributed by atoms with van der Waals surface area (Å²) in [6.07, 6.45) is 3.11. The highest BCUT2D eigenvalue weighted by molar-refractivity contribution is 6.01. The van der Waals surface area contributed by atoms with Gasteiger partial charge in [-0.15, -0.1) is 0 Å². The van der Waals surface area contributed by atoms with E-state index >= 15 is 0 Å². The van der Waals surface area contributed by atoms with Crippen LogP contribution in [0, 0.1) is 0 Å². The van der Waals surface area contributed by atoms with Crippen LogP contribution in [0.25, 0.3) is 0 Å². The van der Waals surface area contributed by atoms with E-state index in [4.69, 9.17) is 14.7 Å². The molecule has 2 saturated heterocycles. The number of hydrogen-bond donors (Lipinski definition) is 1. The fraction of sp³-hybridized carbons (Fsp3) is 0.609. The van der Waals surface area contributed by atoms with Crippen LogP contribution in [0.5, 0.6) is 0 Å². The van der Waals surface area contributed by atoms with Gasteiger partial charge in [0.05, 0.1) is 43.8 Å². The number of hydrogen-bond acceptors (Lipinski definition) is 8. The summed E-state index contributed by atoms with van der Waals surface area (Å²) < 4.78 is 5.75. The van der Waals surface area contributed by atoms with Gasteiger partial charge in [0.15, 0.2) is 0 Å². The van der Waals surface area contributed by atoms with Gasteiger partial charge in [-0.25, -0.2) is 0 Å². The minimum atomic E-state index is -0.766. The molecule has 0 radical (unpaired) electrons. The summed E-state index contributed by atoms with van der Waals surface area (Å²) in [6.45, 7) is 9.96. The SMILES string of the molecule is C[C@@H]1CN(N=Cc2ccc(C3=NOC(CN4CCN(CC(=O)O)CC4)C3)cc2)C[C@H](C)O1. The lowest BCUT2D eigenvalue weighted by atomic mass is 10.0. The van der Waals surface area contributed by atoms with Gasteiger partial charge in [-0.3, -0.25) is 19.6 Å².